The van der Waals surface area contributed by atoms with Gasteiger partial charge in [-0.05, 0) is 33.1 Å². The number of carbonyl (C=O) groups excluding carboxylic acids is 1. The molecule has 0 aromatic rings. The average molecular weight is 329 g/mol. The second-order valence-corrected chi connectivity index (χ2v) is 4.09. The van der Waals surface area contributed by atoms with E-state index in [2.05, 4.69) is 3.53 Å². The first-order chi connectivity index (χ1) is 7.16. The predicted octanol–water partition coefficient (Wildman–Crippen LogP) is 2.06. The standard InChI is InChI=1S/C10H20INO3/c1-9(2)15-7-5-3-4-6-14-8-10(13)12-11/h9H,3-8H2,1-2H3,(H,12,13). The lowest BCUT2D eigenvalue weighted by Crippen LogP contribution is -2.18. The quantitative estimate of drug-likeness (QED) is 0.400. The number of amides is 1. The Morgan fingerprint density at radius 2 is 1.93 bits per heavy atom. The van der Waals surface area contributed by atoms with Gasteiger partial charge in [-0.15, -0.1) is 0 Å². The summed E-state index contributed by atoms with van der Waals surface area (Å²) in [6, 6.07) is 0. The molecule has 0 saturated heterocycles. The van der Waals surface area contributed by atoms with Crippen LogP contribution in [0.4, 0.5) is 0 Å². The molecule has 0 aliphatic carbocycles. The zero-order chi connectivity index (χ0) is 11.5. The van der Waals surface area contributed by atoms with Gasteiger partial charge in [0.15, 0.2) is 0 Å². The Morgan fingerprint density at radius 3 is 2.53 bits per heavy atom. The number of rotatable bonds is 9. The molecule has 4 nitrogen and oxygen atoms in total. The number of halogens is 1. The minimum atomic E-state index is -0.0845. The molecule has 1 amide bonds. The van der Waals surface area contributed by atoms with Gasteiger partial charge in [-0.3, -0.25) is 8.32 Å². The highest BCUT2D eigenvalue weighted by Gasteiger charge is 1.98. The SMILES string of the molecule is CC(C)OCCCCCOCC(=O)NI. The summed E-state index contributed by atoms with van der Waals surface area (Å²) in [6.07, 6.45) is 3.43. The van der Waals surface area contributed by atoms with Crippen molar-refractivity contribution in [2.45, 2.75) is 39.2 Å². The maximum absolute atomic E-state index is 10.8. The predicted molar refractivity (Wildman–Crippen MR) is 67.9 cm³/mol. The molecule has 0 aromatic heterocycles. The zero-order valence-corrected chi connectivity index (χ0v) is 11.6. The van der Waals surface area contributed by atoms with Crippen molar-refractivity contribution in [3.63, 3.8) is 0 Å². The van der Waals surface area contributed by atoms with E-state index in [-0.39, 0.29) is 12.5 Å². The number of unbranched alkanes of at least 4 members (excludes halogenated alkanes) is 2. The van der Waals surface area contributed by atoms with Crippen LogP contribution >= 0.6 is 22.9 Å². The molecule has 0 atom stereocenters. The van der Waals surface area contributed by atoms with Crippen LogP contribution in [-0.4, -0.2) is 31.8 Å². The number of nitrogens with one attached hydrogen (secondary N) is 1. The van der Waals surface area contributed by atoms with Crippen LogP contribution in [-0.2, 0) is 14.3 Å². The van der Waals surface area contributed by atoms with Crippen molar-refractivity contribution in [2.75, 3.05) is 19.8 Å². The molecule has 0 saturated carbocycles. The monoisotopic (exact) mass is 329 g/mol. The lowest BCUT2D eigenvalue weighted by atomic mass is 10.2. The zero-order valence-electron chi connectivity index (χ0n) is 9.42. The summed E-state index contributed by atoms with van der Waals surface area (Å²) in [5, 5.41) is 0. The molecule has 0 bridgehead atoms. The Bertz CT molecular complexity index is 165. The molecule has 0 spiro atoms. The molecule has 0 aromatic carbocycles. The largest absolute Gasteiger partial charge is 0.379 e. The summed E-state index contributed by atoms with van der Waals surface area (Å²) in [5.41, 5.74) is 0. The van der Waals surface area contributed by atoms with E-state index in [0.717, 1.165) is 25.9 Å². The van der Waals surface area contributed by atoms with Crippen LogP contribution in [0.25, 0.3) is 0 Å². The van der Waals surface area contributed by atoms with Crippen LogP contribution < -0.4 is 3.53 Å². The molecular formula is C10H20INO3. The van der Waals surface area contributed by atoms with Gasteiger partial charge < -0.3 is 9.47 Å². The molecule has 15 heavy (non-hydrogen) atoms. The van der Waals surface area contributed by atoms with Gasteiger partial charge in [-0.25, -0.2) is 0 Å². The Hall–Kier alpha value is 0.120. The van der Waals surface area contributed by atoms with Crippen molar-refractivity contribution < 1.29 is 14.3 Å². The van der Waals surface area contributed by atoms with Crippen LogP contribution in [0.2, 0.25) is 0 Å². The van der Waals surface area contributed by atoms with Gasteiger partial charge in [0.05, 0.1) is 29.0 Å². The third-order valence-corrected chi connectivity index (χ3v) is 2.32. The Kier molecular flexibility index (Phi) is 10.7. The van der Waals surface area contributed by atoms with Gasteiger partial charge in [-0.1, -0.05) is 0 Å². The topological polar surface area (TPSA) is 47.6 Å². The van der Waals surface area contributed by atoms with E-state index in [1.54, 1.807) is 22.9 Å². The van der Waals surface area contributed by atoms with E-state index < -0.39 is 0 Å². The normalized spacial score (nSPS) is 10.7. The first-order valence-corrected chi connectivity index (χ1v) is 6.33. The van der Waals surface area contributed by atoms with Gasteiger partial charge >= 0.3 is 0 Å². The second-order valence-electron chi connectivity index (χ2n) is 3.55. The molecule has 0 rings (SSSR count). The van der Waals surface area contributed by atoms with Crippen molar-refractivity contribution >= 4 is 28.8 Å². The minimum absolute atomic E-state index is 0.0845. The smallest absolute Gasteiger partial charge is 0.254 e. The summed E-state index contributed by atoms with van der Waals surface area (Å²) < 4.78 is 13.0. The first kappa shape index (κ1) is 15.1. The van der Waals surface area contributed by atoms with E-state index in [4.69, 9.17) is 9.47 Å². The molecule has 0 unspecified atom stereocenters. The van der Waals surface area contributed by atoms with E-state index >= 15 is 0 Å². The molecule has 5 heteroatoms. The van der Waals surface area contributed by atoms with Crippen molar-refractivity contribution in [3.05, 3.63) is 0 Å². The van der Waals surface area contributed by atoms with E-state index in [9.17, 15) is 4.79 Å². The average Bonchev–Trinajstić information content (AvgIpc) is 2.21. The van der Waals surface area contributed by atoms with E-state index in [0.29, 0.717) is 12.7 Å². The van der Waals surface area contributed by atoms with Crippen molar-refractivity contribution in [1.82, 2.24) is 3.53 Å². The summed E-state index contributed by atoms with van der Waals surface area (Å²) in [6.45, 7) is 5.68. The molecular weight excluding hydrogens is 309 g/mol. The summed E-state index contributed by atoms with van der Waals surface area (Å²) in [4.78, 5) is 10.8. The fourth-order valence-electron chi connectivity index (χ4n) is 0.994. The number of ether oxygens (including phenoxy) is 2. The summed E-state index contributed by atoms with van der Waals surface area (Å²) >= 11 is 1.80. The Balaban J connectivity index is 3.02. The summed E-state index contributed by atoms with van der Waals surface area (Å²) in [7, 11) is 0. The fourth-order valence-corrected chi connectivity index (χ4v) is 1.15. The number of hydrogen-bond acceptors (Lipinski definition) is 3. The lowest BCUT2D eigenvalue weighted by molar-refractivity contribution is -0.123. The highest BCUT2D eigenvalue weighted by molar-refractivity contribution is 14.1. The molecule has 0 aliphatic heterocycles. The van der Waals surface area contributed by atoms with E-state index in [1.165, 1.54) is 0 Å². The highest BCUT2D eigenvalue weighted by Crippen LogP contribution is 1.98. The van der Waals surface area contributed by atoms with Crippen LogP contribution in [0.1, 0.15) is 33.1 Å². The van der Waals surface area contributed by atoms with Crippen LogP contribution in [0.15, 0.2) is 0 Å². The maximum Gasteiger partial charge on any atom is 0.254 e. The van der Waals surface area contributed by atoms with Crippen LogP contribution in [0, 0.1) is 0 Å². The molecule has 0 fully saturated rings. The van der Waals surface area contributed by atoms with Crippen molar-refractivity contribution in [3.8, 4) is 0 Å². The van der Waals surface area contributed by atoms with Gasteiger partial charge in [-0.2, -0.15) is 0 Å². The van der Waals surface area contributed by atoms with Crippen molar-refractivity contribution in [2.24, 2.45) is 0 Å². The van der Waals surface area contributed by atoms with Gasteiger partial charge in [0.2, 0.25) is 0 Å². The van der Waals surface area contributed by atoms with E-state index in [1.807, 2.05) is 13.8 Å². The van der Waals surface area contributed by atoms with Gasteiger partial charge in [0, 0.05) is 13.2 Å². The van der Waals surface area contributed by atoms with Crippen LogP contribution in [0.5, 0.6) is 0 Å². The van der Waals surface area contributed by atoms with Crippen molar-refractivity contribution in [1.29, 1.82) is 0 Å². The molecule has 0 heterocycles. The van der Waals surface area contributed by atoms with Crippen LogP contribution in [0.3, 0.4) is 0 Å². The second kappa shape index (κ2) is 10.6. The lowest BCUT2D eigenvalue weighted by Gasteiger charge is -2.07. The third kappa shape index (κ3) is 12.0. The Labute approximate surface area is 106 Å². The van der Waals surface area contributed by atoms with Gasteiger partial charge in [0.1, 0.15) is 6.61 Å². The molecule has 0 aliphatic rings. The summed E-state index contributed by atoms with van der Waals surface area (Å²) in [5.74, 6) is -0.0845. The third-order valence-electron chi connectivity index (χ3n) is 1.72. The molecule has 90 valence electrons. The maximum atomic E-state index is 10.8. The fraction of sp³-hybridized carbons (Fsp3) is 0.900. The molecule has 0 radical (unpaired) electrons. The highest BCUT2D eigenvalue weighted by atomic mass is 127. The first-order valence-electron chi connectivity index (χ1n) is 5.25. The Morgan fingerprint density at radius 1 is 1.27 bits per heavy atom. The molecule has 1 N–H and O–H groups in total. The number of hydrogen-bond donors (Lipinski definition) is 1. The minimum Gasteiger partial charge on any atom is -0.379 e. The van der Waals surface area contributed by atoms with Gasteiger partial charge in [0.25, 0.3) is 5.91 Å². The number of carbonyl (C=O) groups is 1.